The van der Waals surface area contributed by atoms with Gasteiger partial charge in [0, 0.05) is 6.54 Å². The van der Waals surface area contributed by atoms with Crippen LogP contribution in [0.25, 0.3) is 6.08 Å². The fourth-order valence-electron chi connectivity index (χ4n) is 1.57. The van der Waals surface area contributed by atoms with Gasteiger partial charge in [-0.05, 0) is 36.3 Å². The quantitative estimate of drug-likeness (QED) is 0.499. The molecule has 0 aliphatic carbocycles. The first-order chi connectivity index (χ1) is 9.12. The fraction of sp³-hybridized carbons (Fsp3) is 0.200. The number of nitrogens with one attached hydrogen (secondary N) is 1. The zero-order valence-electron chi connectivity index (χ0n) is 11.1. The number of aryl methyl sites for hydroxylation is 1. The molecular weight excluding hydrogens is 240 g/mol. The van der Waals surface area contributed by atoms with Crippen molar-refractivity contribution in [2.75, 3.05) is 13.7 Å². The second-order valence-electron chi connectivity index (χ2n) is 3.90. The summed E-state index contributed by atoms with van der Waals surface area (Å²) in [6, 6.07) is 7.35. The van der Waals surface area contributed by atoms with Crippen LogP contribution >= 0.6 is 0 Å². The maximum absolute atomic E-state index is 11.7. The highest BCUT2D eigenvalue weighted by Crippen LogP contribution is 2.19. The lowest BCUT2D eigenvalue weighted by molar-refractivity contribution is -0.116. The largest absolute Gasteiger partial charge is 0.496 e. The van der Waals surface area contributed by atoms with Gasteiger partial charge in [0.05, 0.1) is 7.11 Å². The Bertz CT molecular complexity index is 554. The van der Waals surface area contributed by atoms with E-state index in [9.17, 15) is 4.79 Å². The molecule has 0 heterocycles. The smallest absolute Gasteiger partial charge is 0.262 e. The molecule has 0 radical (unpaired) electrons. The van der Waals surface area contributed by atoms with Crippen LogP contribution in [0, 0.1) is 18.3 Å². The van der Waals surface area contributed by atoms with Gasteiger partial charge in [0.1, 0.15) is 17.4 Å². The first-order valence-corrected chi connectivity index (χ1v) is 5.78. The van der Waals surface area contributed by atoms with Gasteiger partial charge in [-0.2, -0.15) is 5.26 Å². The molecule has 4 heteroatoms. The molecule has 4 nitrogen and oxygen atoms in total. The first kappa shape index (κ1) is 14.5. The number of nitrogens with zero attached hydrogens (tertiary/aromatic N) is 1. The molecule has 0 bridgehead atoms. The summed E-state index contributed by atoms with van der Waals surface area (Å²) >= 11 is 0. The van der Waals surface area contributed by atoms with Crippen LogP contribution in [0.3, 0.4) is 0 Å². The Hall–Kier alpha value is -2.54. The van der Waals surface area contributed by atoms with Crippen molar-refractivity contribution in [3.8, 4) is 11.8 Å². The second kappa shape index (κ2) is 7.02. The van der Waals surface area contributed by atoms with Gasteiger partial charge < -0.3 is 10.1 Å². The first-order valence-electron chi connectivity index (χ1n) is 5.78. The third-order valence-electron chi connectivity index (χ3n) is 2.50. The Labute approximate surface area is 113 Å². The summed E-state index contributed by atoms with van der Waals surface area (Å²) in [5.74, 6) is 0.364. The zero-order valence-corrected chi connectivity index (χ0v) is 11.1. The lowest BCUT2D eigenvalue weighted by Gasteiger charge is -2.05. The molecule has 0 aromatic heterocycles. The van der Waals surface area contributed by atoms with Crippen LogP contribution in [-0.4, -0.2) is 19.6 Å². The molecule has 0 atom stereocenters. The highest BCUT2D eigenvalue weighted by molar-refractivity contribution is 6.01. The number of nitriles is 1. The van der Waals surface area contributed by atoms with Crippen molar-refractivity contribution >= 4 is 12.0 Å². The Morgan fingerprint density at radius 1 is 1.58 bits per heavy atom. The van der Waals surface area contributed by atoms with Crippen LogP contribution in [0.15, 0.2) is 36.4 Å². The van der Waals surface area contributed by atoms with E-state index in [-0.39, 0.29) is 5.57 Å². The summed E-state index contributed by atoms with van der Waals surface area (Å²) in [6.07, 6.45) is 3.11. The molecule has 1 aromatic carbocycles. The van der Waals surface area contributed by atoms with Crippen LogP contribution in [0.2, 0.25) is 0 Å². The lowest BCUT2D eigenvalue weighted by atomic mass is 10.1. The third kappa shape index (κ3) is 4.00. The van der Waals surface area contributed by atoms with E-state index in [1.54, 1.807) is 31.4 Å². The van der Waals surface area contributed by atoms with Gasteiger partial charge in [0.15, 0.2) is 0 Å². The molecule has 1 N–H and O–H groups in total. The molecule has 0 saturated heterocycles. The number of benzene rings is 1. The molecule has 0 aliphatic rings. The molecule has 1 rings (SSSR count). The van der Waals surface area contributed by atoms with Gasteiger partial charge in [-0.25, -0.2) is 0 Å². The van der Waals surface area contributed by atoms with Crippen molar-refractivity contribution in [2.45, 2.75) is 6.92 Å². The van der Waals surface area contributed by atoms with Gasteiger partial charge in [0.25, 0.3) is 5.91 Å². The van der Waals surface area contributed by atoms with E-state index >= 15 is 0 Å². The van der Waals surface area contributed by atoms with Crippen LogP contribution < -0.4 is 10.1 Å². The van der Waals surface area contributed by atoms with E-state index in [0.717, 1.165) is 16.9 Å². The molecule has 0 spiro atoms. The van der Waals surface area contributed by atoms with Crippen LogP contribution in [0.5, 0.6) is 5.75 Å². The average molecular weight is 256 g/mol. The fourth-order valence-corrected chi connectivity index (χ4v) is 1.57. The summed E-state index contributed by atoms with van der Waals surface area (Å²) in [6.45, 7) is 5.74. The molecule has 1 aromatic rings. The monoisotopic (exact) mass is 256 g/mol. The van der Waals surface area contributed by atoms with E-state index in [1.165, 1.54) is 0 Å². The van der Waals surface area contributed by atoms with Gasteiger partial charge >= 0.3 is 0 Å². The van der Waals surface area contributed by atoms with Crippen LogP contribution in [-0.2, 0) is 4.79 Å². The molecular formula is C15H16N2O2. The van der Waals surface area contributed by atoms with Crippen LogP contribution in [0.4, 0.5) is 0 Å². The highest BCUT2D eigenvalue weighted by Gasteiger charge is 2.08. The number of hydrogen-bond acceptors (Lipinski definition) is 3. The van der Waals surface area contributed by atoms with Crippen molar-refractivity contribution in [1.82, 2.24) is 5.32 Å². The van der Waals surface area contributed by atoms with E-state index < -0.39 is 5.91 Å². The number of rotatable bonds is 5. The van der Waals surface area contributed by atoms with Gasteiger partial charge in [-0.1, -0.05) is 12.1 Å². The predicted molar refractivity (Wildman–Crippen MR) is 74.5 cm³/mol. The standard InChI is InChI=1S/C15H16N2O2/c1-4-7-17-15(18)13(10-16)9-12-5-6-14(19-3)11(2)8-12/h4-6,8-9H,1,7H2,2-3H3,(H,17,18)/b13-9+. The predicted octanol–water partition coefficient (Wildman–Crippen LogP) is 2.21. The summed E-state index contributed by atoms with van der Waals surface area (Å²) in [5, 5.41) is 11.6. The van der Waals surface area contributed by atoms with E-state index in [1.807, 2.05) is 19.1 Å². The summed E-state index contributed by atoms with van der Waals surface area (Å²) < 4.78 is 5.16. The van der Waals surface area contributed by atoms with Crippen molar-refractivity contribution in [3.05, 3.63) is 47.6 Å². The van der Waals surface area contributed by atoms with Gasteiger partial charge in [0.2, 0.25) is 0 Å². The van der Waals surface area contributed by atoms with E-state index in [0.29, 0.717) is 6.54 Å². The van der Waals surface area contributed by atoms with Crippen LogP contribution in [0.1, 0.15) is 11.1 Å². The van der Waals surface area contributed by atoms with E-state index in [4.69, 9.17) is 10.00 Å². The van der Waals surface area contributed by atoms with Crippen molar-refractivity contribution < 1.29 is 9.53 Å². The third-order valence-corrected chi connectivity index (χ3v) is 2.50. The Balaban J connectivity index is 2.98. The van der Waals surface area contributed by atoms with Gasteiger partial charge in [-0.15, -0.1) is 6.58 Å². The Kier molecular flexibility index (Phi) is 5.36. The molecule has 0 saturated carbocycles. The minimum Gasteiger partial charge on any atom is -0.496 e. The second-order valence-corrected chi connectivity index (χ2v) is 3.90. The maximum atomic E-state index is 11.7. The number of carbonyl (C=O) groups is 1. The molecule has 0 aliphatic heterocycles. The van der Waals surface area contributed by atoms with Gasteiger partial charge in [-0.3, -0.25) is 4.79 Å². The minimum absolute atomic E-state index is 0.0615. The number of amides is 1. The molecule has 98 valence electrons. The molecule has 19 heavy (non-hydrogen) atoms. The summed E-state index contributed by atoms with van der Waals surface area (Å²) in [7, 11) is 1.60. The molecule has 0 fully saturated rings. The Morgan fingerprint density at radius 3 is 2.84 bits per heavy atom. The maximum Gasteiger partial charge on any atom is 0.262 e. The molecule has 0 unspecified atom stereocenters. The Morgan fingerprint density at radius 2 is 2.32 bits per heavy atom. The number of ether oxygens (including phenoxy) is 1. The lowest BCUT2D eigenvalue weighted by Crippen LogP contribution is -2.24. The number of methoxy groups -OCH3 is 1. The molecule has 1 amide bonds. The SMILES string of the molecule is C=CCNC(=O)/C(C#N)=C/c1ccc(OC)c(C)c1. The topological polar surface area (TPSA) is 62.1 Å². The highest BCUT2D eigenvalue weighted by atomic mass is 16.5. The normalized spacial score (nSPS) is 10.5. The minimum atomic E-state index is -0.407. The number of hydrogen-bond donors (Lipinski definition) is 1. The zero-order chi connectivity index (χ0) is 14.3. The number of carbonyl (C=O) groups excluding carboxylic acids is 1. The van der Waals surface area contributed by atoms with E-state index in [2.05, 4.69) is 11.9 Å². The van der Waals surface area contributed by atoms with Crippen molar-refractivity contribution in [1.29, 1.82) is 5.26 Å². The summed E-state index contributed by atoms with van der Waals surface area (Å²) in [5.41, 5.74) is 1.79. The van der Waals surface area contributed by atoms with Crippen molar-refractivity contribution in [3.63, 3.8) is 0 Å². The van der Waals surface area contributed by atoms with Crippen molar-refractivity contribution in [2.24, 2.45) is 0 Å². The average Bonchev–Trinajstić information content (AvgIpc) is 2.42. The summed E-state index contributed by atoms with van der Waals surface area (Å²) in [4.78, 5) is 11.7.